The van der Waals surface area contributed by atoms with E-state index in [9.17, 15) is 28.7 Å². The van der Waals surface area contributed by atoms with E-state index >= 15 is 4.39 Å². The van der Waals surface area contributed by atoms with Crippen LogP contribution in [-0.4, -0.2) is 77.0 Å². The van der Waals surface area contributed by atoms with Gasteiger partial charge in [0, 0.05) is 42.3 Å². The maximum atomic E-state index is 15.3. The van der Waals surface area contributed by atoms with Gasteiger partial charge in [-0.1, -0.05) is 11.6 Å². The predicted molar refractivity (Wildman–Crippen MR) is 145 cm³/mol. The minimum atomic E-state index is -1.25. The second-order valence-electron chi connectivity index (χ2n) is 10.9. The van der Waals surface area contributed by atoms with Crippen LogP contribution < -0.4 is 5.73 Å². The summed E-state index contributed by atoms with van der Waals surface area (Å²) in [4.78, 5) is 62.0. The van der Waals surface area contributed by atoms with E-state index in [2.05, 4.69) is 9.98 Å². The molecule has 218 valence electrons. The van der Waals surface area contributed by atoms with E-state index in [1.165, 1.54) is 18.4 Å². The molecule has 5 aliphatic rings. The van der Waals surface area contributed by atoms with Crippen LogP contribution in [0.25, 0.3) is 0 Å². The van der Waals surface area contributed by atoms with E-state index < -0.39 is 64.8 Å². The monoisotopic (exact) mass is 598 g/mol. The summed E-state index contributed by atoms with van der Waals surface area (Å²) in [5, 5.41) is 9.64. The van der Waals surface area contributed by atoms with Crippen molar-refractivity contribution in [1.29, 1.82) is 0 Å². The molecule has 3 N–H and O–H groups in total. The van der Waals surface area contributed by atoms with Crippen LogP contribution in [0.4, 0.5) is 14.6 Å². The molecule has 0 aromatic carbocycles. The molecule has 1 aromatic heterocycles. The van der Waals surface area contributed by atoms with Crippen LogP contribution >= 0.6 is 11.6 Å². The molecule has 0 bridgehead atoms. The van der Waals surface area contributed by atoms with Crippen molar-refractivity contribution in [3.8, 4) is 0 Å². The second-order valence-corrected chi connectivity index (χ2v) is 11.3. The van der Waals surface area contributed by atoms with E-state index in [1.54, 1.807) is 4.90 Å². The number of amides is 1. The molecule has 3 atom stereocenters. The topological polar surface area (TPSA) is 152 Å². The number of aliphatic hydroxyl groups excluding tert-OH is 1. The first kappa shape index (κ1) is 28.1. The number of aromatic nitrogens is 1. The number of halogens is 3. The van der Waals surface area contributed by atoms with Crippen molar-refractivity contribution in [1.82, 2.24) is 9.88 Å². The Labute approximate surface area is 243 Å². The second kappa shape index (κ2) is 10.4. The molecule has 13 heteroatoms. The first-order valence-corrected chi connectivity index (χ1v) is 13.7. The standard InChI is InChI=1S/C29H25ClF2N4O6/c30-19-10-34-9-16-23(15-7-13(38)8-20(31)24(15)19)17(11-36-25(16)29(4-5-29)18(3-6-37)27(36)40)28(41)42-12-21(39)14-1-2-22(33)35-26(14)32/h1-2,7-8,10,17-18,25,37H,3-6,9,11-12H2,(H2,33,35). The highest BCUT2D eigenvalue weighted by Gasteiger charge is 2.67. The smallest absolute Gasteiger partial charge is 0.315 e. The Kier molecular flexibility index (Phi) is 6.93. The van der Waals surface area contributed by atoms with E-state index in [4.69, 9.17) is 22.1 Å². The lowest BCUT2D eigenvalue weighted by atomic mass is 9.73. The number of rotatable bonds is 6. The lowest BCUT2D eigenvalue weighted by Gasteiger charge is -2.41. The zero-order chi connectivity index (χ0) is 29.9. The third-order valence-electron chi connectivity index (χ3n) is 8.64. The van der Waals surface area contributed by atoms with Crippen LogP contribution in [0.5, 0.6) is 0 Å². The van der Waals surface area contributed by atoms with Crippen LogP contribution in [0.1, 0.15) is 29.6 Å². The Morgan fingerprint density at radius 3 is 2.67 bits per heavy atom. The maximum absolute atomic E-state index is 15.3. The van der Waals surface area contributed by atoms with Gasteiger partial charge in [0.25, 0.3) is 0 Å². The largest absolute Gasteiger partial charge is 0.457 e. The quantitative estimate of drug-likeness (QED) is 0.288. The SMILES string of the molecule is Nc1ccc(C(=O)COC(=O)C2CN3C(=O)C(CCO)C4(CC4)C3C3=C2C2=CC(=O)C=C(F)C2=C(Cl)C=NC3)c(F)n1. The summed E-state index contributed by atoms with van der Waals surface area (Å²) in [6, 6.07) is 1.85. The van der Waals surface area contributed by atoms with Crippen molar-refractivity contribution in [2.75, 3.05) is 32.0 Å². The average molecular weight is 599 g/mol. The highest BCUT2D eigenvalue weighted by Crippen LogP contribution is 2.65. The molecule has 6 rings (SSSR count). The molecule has 2 fully saturated rings. The van der Waals surface area contributed by atoms with Crippen LogP contribution in [0.15, 0.2) is 62.4 Å². The average Bonchev–Trinajstić information content (AvgIpc) is 3.69. The Bertz CT molecular complexity index is 1610. The van der Waals surface area contributed by atoms with Crippen molar-refractivity contribution in [3.63, 3.8) is 0 Å². The van der Waals surface area contributed by atoms with Gasteiger partial charge in [0.15, 0.2) is 12.4 Å². The number of anilines is 1. The van der Waals surface area contributed by atoms with Crippen LogP contribution in [0.3, 0.4) is 0 Å². The van der Waals surface area contributed by atoms with Crippen LogP contribution in [0.2, 0.25) is 0 Å². The van der Waals surface area contributed by atoms with Gasteiger partial charge in [0.2, 0.25) is 17.6 Å². The number of fused-ring (bicyclic) bond motifs is 5. The first-order valence-electron chi connectivity index (χ1n) is 13.4. The molecule has 2 aliphatic carbocycles. The minimum Gasteiger partial charge on any atom is -0.457 e. The van der Waals surface area contributed by atoms with E-state index in [0.717, 1.165) is 12.1 Å². The predicted octanol–water partition coefficient (Wildman–Crippen LogP) is 2.38. The zero-order valence-corrected chi connectivity index (χ0v) is 22.9. The molecular formula is C29H25ClF2N4O6. The van der Waals surface area contributed by atoms with Gasteiger partial charge in [-0.05, 0) is 54.2 Å². The van der Waals surface area contributed by atoms with Crippen LogP contribution in [-0.2, 0) is 19.1 Å². The van der Waals surface area contributed by atoms with Gasteiger partial charge in [0.1, 0.15) is 17.6 Å². The highest BCUT2D eigenvalue weighted by atomic mass is 35.5. The summed E-state index contributed by atoms with van der Waals surface area (Å²) in [5.41, 5.74) is 5.28. The first-order chi connectivity index (χ1) is 20.1. The number of nitrogens with two attached hydrogens (primary N) is 1. The molecule has 42 heavy (non-hydrogen) atoms. The third kappa shape index (κ3) is 4.40. The van der Waals surface area contributed by atoms with Crippen molar-refractivity contribution in [3.05, 3.63) is 68.9 Å². The van der Waals surface area contributed by atoms with Gasteiger partial charge >= 0.3 is 5.97 Å². The molecule has 4 heterocycles. The Morgan fingerprint density at radius 2 is 1.98 bits per heavy atom. The number of nitrogens with zero attached hydrogens (tertiary/aromatic N) is 3. The molecule has 0 radical (unpaired) electrons. The fourth-order valence-electron chi connectivity index (χ4n) is 6.79. The summed E-state index contributed by atoms with van der Waals surface area (Å²) in [5.74, 6) is -6.60. The molecule has 1 saturated carbocycles. The van der Waals surface area contributed by atoms with Gasteiger partial charge in [-0.25, -0.2) is 9.37 Å². The maximum Gasteiger partial charge on any atom is 0.315 e. The number of carbonyl (C=O) groups is 4. The van der Waals surface area contributed by atoms with Gasteiger partial charge in [-0.3, -0.25) is 24.2 Å². The number of Topliss-reactive ketones (excluding diaryl/α,β-unsaturated/α-hetero) is 1. The number of aliphatic imine (C=N–C) groups is 1. The number of hydrogen-bond donors (Lipinski definition) is 2. The number of carbonyl (C=O) groups excluding carboxylic acids is 4. The lowest BCUT2D eigenvalue weighted by Crippen LogP contribution is -2.49. The summed E-state index contributed by atoms with van der Waals surface area (Å²) in [6.45, 7) is -1.22. The Morgan fingerprint density at radius 1 is 1.21 bits per heavy atom. The molecule has 3 unspecified atom stereocenters. The summed E-state index contributed by atoms with van der Waals surface area (Å²) in [6.07, 6.45) is 4.88. The van der Waals surface area contributed by atoms with E-state index in [-0.39, 0.29) is 59.6 Å². The third-order valence-corrected chi connectivity index (χ3v) is 8.93. The summed E-state index contributed by atoms with van der Waals surface area (Å²) in [7, 11) is 0. The van der Waals surface area contributed by atoms with Crippen LogP contribution in [0, 0.1) is 23.2 Å². The Balaban J connectivity index is 1.43. The van der Waals surface area contributed by atoms with E-state index in [1.807, 2.05) is 0 Å². The number of aliphatic hydroxyl groups is 1. The molecule has 3 aliphatic heterocycles. The van der Waals surface area contributed by atoms with E-state index in [0.29, 0.717) is 18.4 Å². The number of ether oxygens (including phenoxy) is 1. The number of ketones is 2. The van der Waals surface area contributed by atoms with Crippen molar-refractivity contribution >= 4 is 47.1 Å². The van der Waals surface area contributed by atoms with Crippen molar-refractivity contribution in [2.24, 2.45) is 22.2 Å². The molecule has 10 nitrogen and oxygen atoms in total. The number of nitrogen functional groups attached to an aromatic ring is 1. The molecule has 1 aromatic rings. The van der Waals surface area contributed by atoms with Crippen molar-refractivity contribution in [2.45, 2.75) is 25.3 Å². The molecule has 1 amide bonds. The Hall–Kier alpha value is -4.03. The molecular weight excluding hydrogens is 574 g/mol. The fraction of sp³-hybridized carbons (Fsp3) is 0.379. The normalized spacial score (nSPS) is 25.8. The van der Waals surface area contributed by atoms with Crippen molar-refractivity contribution < 1.29 is 37.8 Å². The summed E-state index contributed by atoms with van der Waals surface area (Å²) < 4.78 is 34.8. The number of pyridine rings is 1. The lowest BCUT2D eigenvalue weighted by molar-refractivity contribution is -0.148. The minimum absolute atomic E-state index is 0.00275. The molecule has 1 saturated heterocycles. The zero-order valence-electron chi connectivity index (χ0n) is 22.1. The summed E-state index contributed by atoms with van der Waals surface area (Å²) >= 11 is 6.40. The number of esters is 1. The fourth-order valence-corrected chi connectivity index (χ4v) is 7.05. The molecule has 1 spiro atoms. The highest BCUT2D eigenvalue weighted by molar-refractivity contribution is 6.40. The number of allylic oxidation sites excluding steroid dienone is 6. The van der Waals surface area contributed by atoms with Gasteiger partial charge in [0.05, 0.1) is 23.2 Å². The number of hydrogen-bond acceptors (Lipinski definition) is 9. The van der Waals surface area contributed by atoms with Gasteiger partial charge in [-0.2, -0.15) is 4.39 Å². The van der Waals surface area contributed by atoms with Gasteiger partial charge < -0.3 is 20.5 Å². The van der Waals surface area contributed by atoms with Gasteiger partial charge in [-0.15, -0.1) is 0 Å².